The molecule has 7 nitrogen and oxygen atoms in total. The van der Waals surface area contributed by atoms with Gasteiger partial charge < -0.3 is 15.1 Å². The first-order chi connectivity index (χ1) is 13.2. The monoisotopic (exact) mass is 367 g/mol. The molecular formula is C20H25N5O2. The van der Waals surface area contributed by atoms with Gasteiger partial charge in [-0.1, -0.05) is 31.4 Å². The molecule has 1 aliphatic carbocycles. The molecule has 142 valence electrons. The van der Waals surface area contributed by atoms with Crippen LogP contribution in [0.4, 0.5) is 4.79 Å². The summed E-state index contributed by atoms with van der Waals surface area (Å²) in [7, 11) is 0. The maximum Gasteiger partial charge on any atom is 0.317 e. The number of amides is 3. The van der Waals surface area contributed by atoms with Gasteiger partial charge in [-0.25, -0.2) is 9.78 Å². The molecule has 0 radical (unpaired) electrons. The number of carbonyl (C=O) groups is 2. The van der Waals surface area contributed by atoms with E-state index in [1.807, 2.05) is 29.2 Å². The maximum atomic E-state index is 12.7. The molecule has 7 heteroatoms. The lowest BCUT2D eigenvalue weighted by Gasteiger charge is -2.35. The minimum atomic E-state index is -0.124. The molecule has 1 N–H and O–H groups in total. The number of hydrogen-bond donors (Lipinski definition) is 1. The molecule has 0 unspecified atom stereocenters. The molecule has 2 aliphatic rings. The number of urea groups is 1. The van der Waals surface area contributed by atoms with Crippen LogP contribution in [-0.4, -0.2) is 63.9 Å². The summed E-state index contributed by atoms with van der Waals surface area (Å²) in [5.74, 6) is -0.124. The Bertz CT molecular complexity index is 826. The molecule has 2 heterocycles. The highest BCUT2D eigenvalue weighted by molar-refractivity contribution is 5.94. The Labute approximate surface area is 158 Å². The second kappa shape index (κ2) is 7.90. The lowest BCUT2D eigenvalue weighted by atomic mass is 9.96. The van der Waals surface area contributed by atoms with Gasteiger partial charge in [0.05, 0.1) is 17.2 Å². The highest BCUT2D eigenvalue weighted by Gasteiger charge is 2.27. The molecule has 0 atom stereocenters. The van der Waals surface area contributed by atoms with E-state index in [1.165, 1.54) is 25.5 Å². The van der Waals surface area contributed by atoms with Crippen molar-refractivity contribution >= 4 is 23.0 Å². The maximum absolute atomic E-state index is 12.7. The molecule has 2 aromatic rings. The number of rotatable bonds is 2. The van der Waals surface area contributed by atoms with Crippen LogP contribution in [-0.2, 0) is 0 Å². The summed E-state index contributed by atoms with van der Waals surface area (Å²) in [5, 5.41) is 3.15. The number of hydrogen-bond acceptors (Lipinski definition) is 4. The molecule has 1 aliphatic heterocycles. The van der Waals surface area contributed by atoms with Crippen molar-refractivity contribution < 1.29 is 9.59 Å². The van der Waals surface area contributed by atoms with Crippen LogP contribution in [0.25, 0.3) is 11.0 Å². The Balaban J connectivity index is 1.33. The van der Waals surface area contributed by atoms with Crippen LogP contribution in [0.15, 0.2) is 30.5 Å². The number of benzene rings is 1. The van der Waals surface area contributed by atoms with Crippen molar-refractivity contribution in [3.05, 3.63) is 36.2 Å². The highest BCUT2D eigenvalue weighted by Crippen LogP contribution is 2.18. The molecule has 2 fully saturated rings. The number of nitrogens with zero attached hydrogens (tertiary/aromatic N) is 4. The van der Waals surface area contributed by atoms with Crippen LogP contribution in [0, 0.1) is 0 Å². The van der Waals surface area contributed by atoms with Crippen molar-refractivity contribution in [2.24, 2.45) is 0 Å². The largest absolute Gasteiger partial charge is 0.335 e. The highest BCUT2D eigenvalue weighted by atomic mass is 16.2. The zero-order chi connectivity index (χ0) is 18.6. The summed E-state index contributed by atoms with van der Waals surface area (Å²) in [4.78, 5) is 37.5. The predicted molar refractivity (Wildman–Crippen MR) is 102 cm³/mol. The number of para-hydroxylation sites is 2. The van der Waals surface area contributed by atoms with Crippen molar-refractivity contribution in [1.82, 2.24) is 25.1 Å². The third kappa shape index (κ3) is 4.02. The van der Waals surface area contributed by atoms with Crippen LogP contribution in [0.2, 0.25) is 0 Å². The van der Waals surface area contributed by atoms with Gasteiger partial charge in [0.2, 0.25) is 0 Å². The van der Waals surface area contributed by atoms with Gasteiger partial charge in [-0.15, -0.1) is 0 Å². The Morgan fingerprint density at radius 2 is 1.59 bits per heavy atom. The molecule has 4 rings (SSSR count). The van der Waals surface area contributed by atoms with E-state index in [4.69, 9.17) is 0 Å². The van der Waals surface area contributed by atoms with Crippen LogP contribution in [0.1, 0.15) is 42.6 Å². The third-order valence-electron chi connectivity index (χ3n) is 5.45. The molecule has 1 aromatic heterocycles. The molecule has 27 heavy (non-hydrogen) atoms. The number of piperazine rings is 1. The van der Waals surface area contributed by atoms with Gasteiger partial charge >= 0.3 is 6.03 Å². The first-order valence-corrected chi connectivity index (χ1v) is 9.77. The standard InChI is InChI=1S/C20H25N5O2/c26-19(18-14-21-16-8-4-5-9-17(16)23-18)24-10-12-25(13-11-24)20(27)22-15-6-2-1-3-7-15/h4-5,8-9,14-15H,1-3,6-7,10-13H2,(H,22,27). The van der Waals surface area contributed by atoms with E-state index in [0.29, 0.717) is 43.4 Å². The summed E-state index contributed by atoms with van der Waals surface area (Å²) >= 11 is 0. The molecule has 3 amide bonds. The molecule has 0 bridgehead atoms. The summed E-state index contributed by atoms with van der Waals surface area (Å²) in [6, 6.07) is 7.82. The minimum Gasteiger partial charge on any atom is -0.335 e. The van der Waals surface area contributed by atoms with Gasteiger partial charge in [0.1, 0.15) is 5.69 Å². The minimum absolute atomic E-state index is 0.000467. The molecule has 0 spiro atoms. The van der Waals surface area contributed by atoms with Gasteiger partial charge in [0.15, 0.2) is 0 Å². The number of carbonyl (C=O) groups excluding carboxylic acids is 2. The van der Waals surface area contributed by atoms with Gasteiger partial charge in [-0.05, 0) is 25.0 Å². The van der Waals surface area contributed by atoms with E-state index in [9.17, 15) is 9.59 Å². The van der Waals surface area contributed by atoms with E-state index >= 15 is 0 Å². The Hall–Kier alpha value is -2.70. The van der Waals surface area contributed by atoms with E-state index in [0.717, 1.165) is 18.4 Å². The number of nitrogens with one attached hydrogen (secondary N) is 1. The van der Waals surface area contributed by atoms with E-state index < -0.39 is 0 Å². The van der Waals surface area contributed by atoms with Crippen LogP contribution in [0.3, 0.4) is 0 Å². The summed E-state index contributed by atoms with van der Waals surface area (Å²) < 4.78 is 0. The molecule has 1 saturated carbocycles. The van der Waals surface area contributed by atoms with Crippen molar-refractivity contribution in [2.75, 3.05) is 26.2 Å². The fourth-order valence-electron chi connectivity index (χ4n) is 3.85. The van der Waals surface area contributed by atoms with Crippen LogP contribution in [0.5, 0.6) is 0 Å². The second-order valence-corrected chi connectivity index (χ2v) is 7.31. The lowest BCUT2D eigenvalue weighted by molar-refractivity contribution is 0.0657. The predicted octanol–water partition coefficient (Wildman–Crippen LogP) is 2.43. The third-order valence-corrected chi connectivity index (χ3v) is 5.45. The second-order valence-electron chi connectivity index (χ2n) is 7.31. The quantitative estimate of drug-likeness (QED) is 0.884. The Morgan fingerprint density at radius 3 is 2.33 bits per heavy atom. The topological polar surface area (TPSA) is 78.4 Å². The smallest absolute Gasteiger partial charge is 0.317 e. The zero-order valence-corrected chi connectivity index (χ0v) is 15.4. The van der Waals surface area contributed by atoms with Gasteiger partial charge in [0.25, 0.3) is 5.91 Å². The lowest BCUT2D eigenvalue weighted by Crippen LogP contribution is -2.54. The average molecular weight is 367 g/mol. The van der Waals surface area contributed by atoms with E-state index in [-0.39, 0.29) is 11.9 Å². The fraction of sp³-hybridized carbons (Fsp3) is 0.500. The van der Waals surface area contributed by atoms with Crippen molar-refractivity contribution in [1.29, 1.82) is 0 Å². The zero-order valence-electron chi connectivity index (χ0n) is 15.4. The van der Waals surface area contributed by atoms with Gasteiger partial charge in [-0.2, -0.15) is 0 Å². The summed E-state index contributed by atoms with van der Waals surface area (Å²) in [6.45, 7) is 2.13. The van der Waals surface area contributed by atoms with Crippen LogP contribution < -0.4 is 5.32 Å². The average Bonchev–Trinajstić information content (AvgIpc) is 2.73. The van der Waals surface area contributed by atoms with E-state index in [2.05, 4.69) is 15.3 Å². The molecular weight excluding hydrogens is 342 g/mol. The fourth-order valence-corrected chi connectivity index (χ4v) is 3.85. The van der Waals surface area contributed by atoms with Crippen LogP contribution >= 0.6 is 0 Å². The van der Waals surface area contributed by atoms with Gasteiger partial charge in [0, 0.05) is 32.2 Å². The Morgan fingerprint density at radius 1 is 0.926 bits per heavy atom. The van der Waals surface area contributed by atoms with Gasteiger partial charge in [-0.3, -0.25) is 9.78 Å². The molecule has 1 saturated heterocycles. The Kier molecular flexibility index (Phi) is 5.18. The first kappa shape index (κ1) is 17.7. The van der Waals surface area contributed by atoms with Crippen molar-refractivity contribution in [2.45, 2.75) is 38.1 Å². The summed E-state index contributed by atoms with van der Waals surface area (Å²) in [6.07, 6.45) is 7.34. The first-order valence-electron chi connectivity index (χ1n) is 9.77. The molecule has 1 aromatic carbocycles. The summed E-state index contributed by atoms with van der Waals surface area (Å²) in [5.41, 5.74) is 1.85. The normalized spacial score (nSPS) is 18.5. The van der Waals surface area contributed by atoms with E-state index in [1.54, 1.807) is 4.90 Å². The SMILES string of the molecule is O=C(NC1CCCCC1)N1CCN(C(=O)c2cnc3ccccc3n2)CC1. The number of fused-ring (bicyclic) bond motifs is 1. The number of aromatic nitrogens is 2. The van der Waals surface area contributed by atoms with Crippen molar-refractivity contribution in [3.8, 4) is 0 Å². The van der Waals surface area contributed by atoms with Crippen molar-refractivity contribution in [3.63, 3.8) is 0 Å².